The highest BCUT2D eigenvalue weighted by Gasteiger charge is 2.45. The van der Waals surface area contributed by atoms with Crippen LogP contribution in [0.3, 0.4) is 0 Å². The fourth-order valence-electron chi connectivity index (χ4n) is 5.00. The van der Waals surface area contributed by atoms with Crippen molar-refractivity contribution in [1.82, 2.24) is 0 Å². The van der Waals surface area contributed by atoms with Gasteiger partial charge in [-0.15, -0.1) is 0 Å². The van der Waals surface area contributed by atoms with Crippen molar-refractivity contribution in [3.8, 4) is 5.75 Å². The second-order valence-electron chi connectivity index (χ2n) is 8.99. The number of nitro groups is 1. The van der Waals surface area contributed by atoms with Crippen molar-refractivity contribution in [3.05, 3.63) is 74.9 Å². The lowest BCUT2D eigenvalue weighted by Gasteiger charge is -2.45. The number of non-ortho nitro benzene ring substituents is 1. The summed E-state index contributed by atoms with van der Waals surface area (Å²) in [4.78, 5) is 23.5. The topological polar surface area (TPSA) is 102 Å². The summed E-state index contributed by atoms with van der Waals surface area (Å²) in [5.74, 6) is 0.440. The number of fused-ring (bicyclic) bond motifs is 1. The van der Waals surface area contributed by atoms with E-state index in [2.05, 4.69) is 12.2 Å². The number of Topliss-reactive ketones (excluding diaryl/α,β-unsaturated/α-hetero) is 1. The number of anilines is 2. The summed E-state index contributed by atoms with van der Waals surface area (Å²) in [5, 5.41) is 24.9. The van der Waals surface area contributed by atoms with E-state index < -0.39 is 11.0 Å². The number of ether oxygens (including phenoxy) is 1. The van der Waals surface area contributed by atoms with Crippen LogP contribution in [0.15, 0.2) is 59.2 Å². The van der Waals surface area contributed by atoms with Crippen LogP contribution in [0.2, 0.25) is 0 Å². The van der Waals surface area contributed by atoms with Crippen LogP contribution in [0.1, 0.15) is 45.1 Å². The first-order valence-corrected chi connectivity index (χ1v) is 11.1. The number of hydrogen-bond acceptors (Lipinski definition) is 6. The van der Waals surface area contributed by atoms with Crippen LogP contribution in [0.25, 0.3) is 6.08 Å². The Kier molecular flexibility index (Phi) is 6.08. The van der Waals surface area contributed by atoms with E-state index in [1.54, 1.807) is 6.07 Å². The SMILES string of the molecule is COc1cc([N+](=O)[O-])ccc1Nc1ccc(C=C2C[C@@]3(C)C(=C(C)C2=O)CCC[C@@H]3O)cc1. The van der Waals surface area contributed by atoms with Gasteiger partial charge in [0.15, 0.2) is 5.78 Å². The summed E-state index contributed by atoms with van der Waals surface area (Å²) in [7, 11) is 1.46. The Bertz CT molecular complexity index is 1170. The lowest BCUT2D eigenvalue weighted by atomic mass is 9.61. The fourth-order valence-corrected chi connectivity index (χ4v) is 5.00. The predicted octanol–water partition coefficient (Wildman–Crippen LogP) is 5.57. The Morgan fingerprint density at radius 1 is 1.24 bits per heavy atom. The average Bonchev–Trinajstić information content (AvgIpc) is 2.80. The molecule has 0 bridgehead atoms. The van der Waals surface area contributed by atoms with E-state index in [9.17, 15) is 20.0 Å². The number of nitro benzene ring substituents is 1. The maximum absolute atomic E-state index is 13.0. The van der Waals surface area contributed by atoms with E-state index in [-0.39, 0.29) is 16.9 Å². The van der Waals surface area contributed by atoms with Gasteiger partial charge in [0.05, 0.1) is 29.9 Å². The van der Waals surface area contributed by atoms with Crippen LogP contribution >= 0.6 is 0 Å². The van der Waals surface area contributed by atoms with Gasteiger partial charge < -0.3 is 15.2 Å². The van der Waals surface area contributed by atoms with Crippen LogP contribution in [-0.2, 0) is 4.79 Å². The maximum Gasteiger partial charge on any atom is 0.273 e. The number of hydrogen-bond donors (Lipinski definition) is 2. The zero-order valence-electron chi connectivity index (χ0n) is 19.1. The van der Waals surface area contributed by atoms with Gasteiger partial charge in [-0.3, -0.25) is 14.9 Å². The first-order chi connectivity index (χ1) is 15.7. The number of rotatable bonds is 5. The van der Waals surface area contributed by atoms with Crippen LogP contribution < -0.4 is 10.1 Å². The third kappa shape index (κ3) is 4.28. The monoisotopic (exact) mass is 448 g/mol. The number of aliphatic hydroxyl groups is 1. The highest BCUT2D eigenvalue weighted by Crippen LogP contribution is 2.50. The van der Waals surface area contributed by atoms with Gasteiger partial charge in [-0.05, 0) is 68.0 Å². The molecule has 2 aromatic carbocycles. The molecule has 0 amide bonds. The molecule has 0 aliphatic heterocycles. The normalized spacial score (nSPS) is 23.9. The van der Waals surface area contributed by atoms with Gasteiger partial charge in [0.2, 0.25) is 0 Å². The molecule has 0 radical (unpaired) electrons. The number of carbonyl (C=O) groups is 1. The Labute approximate surface area is 192 Å². The van der Waals surface area contributed by atoms with E-state index in [0.717, 1.165) is 47.2 Å². The van der Waals surface area contributed by atoms with Crippen molar-refractivity contribution in [1.29, 1.82) is 0 Å². The largest absolute Gasteiger partial charge is 0.494 e. The second kappa shape index (κ2) is 8.83. The highest BCUT2D eigenvalue weighted by atomic mass is 16.6. The summed E-state index contributed by atoms with van der Waals surface area (Å²) in [6.45, 7) is 3.95. The number of nitrogens with one attached hydrogen (secondary N) is 1. The zero-order chi connectivity index (χ0) is 23.8. The molecule has 0 spiro atoms. The number of nitrogens with zero attached hydrogens (tertiary/aromatic N) is 1. The minimum atomic E-state index is -0.465. The van der Waals surface area contributed by atoms with Crippen molar-refractivity contribution in [2.45, 2.75) is 45.6 Å². The Morgan fingerprint density at radius 3 is 2.64 bits per heavy atom. The van der Waals surface area contributed by atoms with Gasteiger partial charge >= 0.3 is 0 Å². The van der Waals surface area contributed by atoms with Crippen molar-refractivity contribution in [2.75, 3.05) is 12.4 Å². The molecular weight excluding hydrogens is 420 g/mol. The van der Waals surface area contributed by atoms with Crippen molar-refractivity contribution < 1.29 is 19.6 Å². The first kappa shape index (κ1) is 22.7. The molecule has 0 unspecified atom stereocenters. The minimum absolute atomic E-state index is 0.0409. The summed E-state index contributed by atoms with van der Waals surface area (Å²) in [6, 6.07) is 12.0. The van der Waals surface area contributed by atoms with E-state index in [1.807, 2.05) is 37.3 Å². The van der Waals surface area contributed by atoms with Crippen LogP contribution in [0.5, 0.6) is 5.75 Å². The van der Waals surface area contributed by atoms with Gasteiger partial charge in [0, 0.05) is 22.7 Å². The third-order valence-electron chi connectivity index (χ3n) is 6.90. The summed E-state index contributed by atoms with van der Waals surface area (Å²) in [6.07, 6.45) is 4.58. The van der Waals surface area contributed by atoms with Gasteiger partial charge in [0.25, 0.3) is 5.69 Å². The Morgan fingerprint density at radius 2 is 1.97 bits per heavy atom. The number of benzene rings is 2. The van der Waals surface area contributed by atoms with Gasteiger partial charge in [-0.25, -0.2) is 0 Å². The summed E-state index contributed by atoms with van der Waals surface area (Å²) >= 11 is 0. The molecule has 4 rings (SSSR count). The number of methoxy groups -OCH3 is 1. The zero-order valence-corrected chi connectivity index (χ0v) is 19.1. The standard InChI is InChI=1S/C26H28N2O5/c1-16-21-5-4-6-24(29)26(21,2)15-18(25(16)30)13-17-7-9-19(10-8-17)27-22-12-11-20(28(31)32)14-23(22)33-3/h7-14,24,27,29H,4-6,15H2,1-3H3/t24-,26-/m0/s1. The molecule has 2 aliphatic carbocycles. The molecule has 1 fully saturated rings. The highest BCUT2D eigenvalue weighted by molar-refractivity contribution is 6.12. The number of ketones is 1. The molecule has 0 heterocycles. The molecule has 1 saturated carbocycles. The fraction of sp³-hybridized carbons (Fsp3) is 0.346. The minimum Gasteiger partial charge on any atom is -0.494 e. The molecule has 2 N–H and O–H groups in total. The summed E-state index contributed by atoms with van der Waals surface area (Å²) in [5.41, 5.74) is 4.48. The second-order valence-corrected chi connectivity index (χ2v) is 8.99. The van der Waals surface area contributed by atoms with Crippen LogP contribution in [0, 0.1) is 15.5 Å². The molecular formula is C26H28N2O5. The third-order valence-corrected chi connectivity index (χ3v) is 6.90. The molecule has 2 aromatic rings. The van der Waals surface area contributed by atoms with E-state index >= 15 is 0 Å². The first-order valence-electron chi connectivity index (χ1n) is 11.1. The molecule has 7 nitrogen and oxygen atoms in total. The van der Waals surface area contributed by atoms with E-state index in [4.69, 9.17) is 4.74 Å². The molecule has 2 atom stereocenters. The van der Waals surface area contributed by atoms with Crippen molar-refractivity contribution >= 4 is 28.9 Å². The van der Waals surface area contributed by atoms with E-state index in [0.29, 0.717) is 17.9 Å². The lowest BCUT2D eigenvalue weighted by Crippen LogP contribution is -2.42. The van der Waals surface area contributed by atoms with Crippen LogP contribution in [-0.4, -0.2) is 29.0 Å². The van der Waals surface area contributed by atoms with E-state index in [1.165, 1.54) is 19.2 Å². The Balaban J connectivity index is 1.56. The molecule has 7 heteroatoms. The predicted molar refractivity (Wildman–Crippen MR) is 128 cm³/mol. The lowest BCUT2D eigenvalue weighted by molar-refractivity contribution is -0.384. The smallest absolute Gasteiger partial charge is 0.273 e. The molecule has 33 heavy (non-hydrogen) atoms. The molecule has 0 aromatic heterocycles. The number of allylic oxidation sites excluding steroid dienone is 2. The van der Waals surface area contributed by atoms with Gasteiger partial charge in [-0.2, -0.15) is 0 Å². The number of carbonyl (C=O) groups excluding carboxylic acids is 1. The molecule has 172 valence electrons. The van der Waals surface area contributed by atoms with Crippen LogP contribution in [0.4, 0.5) is 17.1 Å². The van der Waals surface area contributed by atoms with Crippen molar-refractivity contribution in [2.24, 2.45) is 5.41 Å². The van der Waals surface area contributed by atoms with Gasteiger partial charge in [-0.1, -0.05) is 24.6 Å². The molecule has 0 saturated heterocycles. The Hall–Kier alpha value is -3.45. The van der Waals surface area contributed by atoms with Crippen molar-refractivity contribution in [3.63, 3.8) is 0 Å². The number of aliphatic hydroxyl groups excluding tert-OH is 1. The quantitative estimate of drug-likeness (QED) is 0.352. The summed E-state index contributed by atoms with van der Waals surface area (Å²) < 4.78 is 5.28. The maximum atomic E-state index is 13.0. The van der Waals surface area contributed by atoms with Gasteiger partial charge in [0.1, 0.15) is 5.75 Å². The average molecular weight is 449 g/mol. The molecule has 2 aliphatic rings.